The maximum atomic E-state index is 5.74. The first kappa shape index (κ1) is 12.2. The number of hydrogen-bond donors (Lipinski definition) is 1. The van der Waals surface area contributed by atoms with Gasteiger partial charge in [-0.1, -0.05) is 12.1 Å². The summed E-state index contributed by atoms with van der Waals surface area (Å²) < 4.78 is 0. The van der Waals surface area contributed by atoms with E-state index in [0.29, 0.717) is 12.6 Å². The van der Waals surface area contributed by atoms with E-state index in [9.17, 15) is 0 Å². The Labute approximate surface area is 114 Å². The fraction of sp³-hybridized carbons (Fsp3) is 0.312. The standard InChI is InChI=1S/C16H19N3/c17-12-13-3-1-4-15(11-13)19-10-2-5-16(19)14-6-8-18-9-7-14/h1,3-4,6-9,11,16H,2,5,10,12,17H2. The summed E-state index contributed by atoms with van der Waals surface area (Å²) in [7, 11) is 0. The second-order valence-electron chi connectivity index (χ2n) is 5.01. The molecule has 1 fully saturated rings. The van der Waals surface area contributed by atoms with E-state index >= 15 is 0 Å². The number of rotatable bonds is 3. The lowest BCUT2D eigenvalue weighted by molar-refractivity contribution is 0.717. The normalized spacial score (nSPS) is 18.8. The molecule has 3 heteroatoms. The van der Waals surface area contributed by atoms with Gasteiger partial charge in [0.2, 0.25) is 0 Å². The van der Waals surface area contributed by atoms with Crippen molar-refractivity contribution < 1.29 is 0 Å². The van der Waals surface area contributed by atoms with E-state index in [0.717, 1.165) is 6.54 Å². The summed E-state index contributed by atoms with van der Waals surface area (Å²) >= 11 is 0. The van der Waals surface area contributed by atoms with Crippen molar-refractivity contribution in [1.29, 1.82) is 0 Å². The van der Waals surface area contributed by atoms with Crippen molar-refractivity contribution in [3.63, 3.8) is 0 Å². The van der Waals surface area contributed by atoms with Gasteiger partial charge in [0.1, 0.15) is 0 Å². The molecule has 2 aromatic rings. The van der Waals surface area contributed by atoms with Crippen LogP contribution in [0.2, 0.25) is 0 Å². The zero-order valence-corrected chi connectivity index (χ0v) is 11.0. The Morgan fingerprint density at radius 1 is 1.21 bits per heavy atom. The predicted octanol–water partition coefficient (Wildman–Crippen LogP) is 2.88. The third-order valence-electron chi connectivity index (χ3n) is 3.82. The highest BCUT2D eigenvalue weighted by molar-refractivity contribution is 5.51. The van der Waals surface area contributed by atoms with Crippen molar-refractivity contribution in [2.24, 2.45) is 5.73 Å². The van der Waals surface area contributed by atoms with Crippen molar-refractivity contribution in [3.8, 4) is 0 Å². The zero-order chi connectivity index (χ0) is 13.1. The van der Waals surface area contributed by atoms with Crippen LogP contribution in [-0.4, -0.2) is 11.5 Å². The molecule has 19 heavy (non-hydrogen) atoms. The van der Waals surface area contributed by atoms with Gasteiger partial charge in [-0.2, -0.15) is 0 Å². The predicted molar refractivity (Wildman–Crippen MR) is 77.9 cm³/mol. The molecule has 3 rings (SSSR count). The van der Waals surface area contributed by atoms with Crippen LogP contribution in [0.25, 0.3) is 0 Å². The van der Waals surface area contributed by atoms with E-state index < -0.39 is 0 Å². The van der Waals surface area contributed by atoms with E-state index in [4.69, 9.17) is 5.73 Å². The van der Waals surface area contributed by atoms with Crippen LogP contribution in [0, 0.1) is 0 Å². The van der Waals surface area contributed by atoms with E-state index in [2.05, 4.69) is 46.3 Å². The molecular weight excluding hydrogens is 234 g/mol. The van der Waals surface area contributed by atoms with Crippen LogP contribution in [0.3, 0.4) is 0 Å². The van der Waals surface area contributed by atoms with E-state index in [1.165, 1.54) is 29.7 Å². The fourth-order valence-electron chi connectivity index (χ4n) is 2.87. The van der Waals surface area contributed by atoms with Crippen LogP contribution < -0.4 is 10.6 Å². The molecule has 1 atom stereocenters. The van der Waals surface area contributed by atoms with Crippen LogP contribution in [0.5, 0.6) is 0 Å². The minimum absolute atomic E-state index is 0.469. The molecule has 0 radical (unpaired) electrons. The van der Waals surface area contributed by atoms with Crippen LogP contribution in [0.15, 0.2) is 48.8 Å². The molecule has 3 nitrogen and oxygen atoms in total. The van der Waals surface area contributed by atoms with Gasteiger partial charge in [0.25, 0.3) is 0 Å². The summed E-state index contributed by atoms with van der Waals surface area (Å²) in [6, 6.07) is 13.3. The average molecular weight is 253 g/mol. The smallest absolute Gasteiger partial charge is 0.0544 e. The third-order valence-corrected chi connectivity index (χ3v) is 3.82. The highest BCUT2D eigenvalue weighted by Gasteiger charge is 2.26. The van der Waals surface area contributed by atoms with Gasteiger partial charge in [0, 0.05) is 31.2 Å². The largest absolute Gasteiger partial charge is 0.364 e. The molecule has 1 aliphatic heterocycles. The minimum atomic E-state index is 0.469. The Kier molecular flexibility index (Phi) is 3.47. The van der Waals surface area contributed by atoms with Gasteiger partial charge >= 0.3 is 0 Å². The number of anilines is 1. The zero-order valence-electron chi connectivity index (χ0n) is 11.0. The molecule has 98 valence electrons. The molecule has 0 aliphatic carbocycles. The Balaban J connectivity index is 1.90. The van der Waals surface area contributed by atoms with Gasteiger partial charge in [-0.25, -0.2) is 0 Å². The molecule has 0 amide bonds. The fourth-order valence-corrected chi connectivity index (χ4v) is 2.87. The van der Waals surface area contributed by atoms with Gasteiger partial charge < -0.3 is 10.6 Å². The van der Waals surface area contributed by atoms with Gasteiger partial charge in [-0.15, -0.1) is 0 Å². The SMILES string of the molecule is NCc1cccc(N2CCCC2c2ccncc2)c1. The second kappa shape index (κ2) is 5.41. The molecule has 1 unspecified atom stereocenters. The molecule has 1 aromatic carbocycles. The van der Waals surface area contributed by atoms with Crippen LogP contribution in [0.4, 0.5) is 5.69 Å². The molecule has 2 heterocycles. The van der Waals surface area contributed by atoms with Crippen molar-refractivity contribution in [2.75, 3.05) is 11.4 Å². The molecule has 0 bridgehead atoms. The van der Waals surface area contributed by atoms with Crippen molar-refractivity contribution in [1.82, 2.24) is 4.98 Å². The Bertz CT molecular complexity index is 539. The number of nitrogens with two attached hydrogens (primary N) is 1. The Hall–Kier alpha value is -1.87. The highest BCUT2D eigenvalue weighted by Crippen LogP contribution is 2.35. The van der Waals surface area contributed by atoms with E-state index in [1.54, 1.807) is 0 Å². The summed E-state index contributed by atoms with van der Waals surface area (Å²) in [5, 5.41) is 0. The molecular formula is C16H19N3. The lowest BCUT2D eigenvalue weighted by Crippen LogP contribution is -2.22. The number of nitrogens with zero attached hydrogens (tertiary/aromatic N) is 2. The molecule has 0 spiro atoms. The van der Waals surface area contributed by atoms with Gasteiger partial charge in [-0.3, -0.25) is 4.98 Å². The summed E-state index contributed by atoms with van der Waals surface area (Å²) in [6.07, 6.45) is 6.20. The molecule has 1 aromatic heterocycles. The van der Waals surface area contributed by atoms with Crippen LogP contribution in [0.1, 0.15) is 30.0 Å². The van der Waals surface area contributed by atoms with Crippen LogP contribution in [-0.2, 0) is 6.54 Å². The number of aromatic nitrogens is 1. The van der Waals surface area contributed by atoms with E-state index in [-0.39, 0.29) is 0 Å². The minimum Gasteiger partial charge on any atom is -0.364 e. The Morgan fingerprint density at radius 3 is 2.84 bits per heavy atom. The maximum Gasteiger partial charge on any atom is 0.0544 e. The topological polar surface area (TPSA) is 42.1 Å². The molecule has 0 saturated carbocycles. The second-order valence-corrected chi connectivity index (χ2v) is 5.01. The Morgan fingerprint density at radius 2 is 2.05 bits per heavy atom. The van der Waals surface area contributed by atoms with E-state index in [1.807, 2.05) is 12.4 Å². The monoisotopic (exact) mass is 253 g/mol. The first-order valence-electron chi connectivity index (χ1n) is 6.84. The van der Waals surface area contributed by atoms with Crippen LogP contribution >= 0.6 is 0 Å². The summed E-state index contributed by atoms with van der Waals surface area (Å²) in [4.78, 5) is 6.59. The van der Waals surface area contributed by atoms with Crippen molar-refractivity contribution in [3.05, 3.63) is 59.9 Å². The number of pyridine rings is 1. The maximum absolute atomic E-state index is 5.74. The van der Waals surface area contributed by atoms with Crippen molar-refractivity contribution >= 4 is 5.69 Å². The molecule has 1 aliphatic rings. The lowest BCUT2D eigenvalue weighted by atomic mass is 10.1. The quantitative estimate of drug-likeness (QED) is 0.914. The van der Waals surface area contributed by atoms with Gasteiger partial charge in [-0.05, 0) is 48.2 Å². The summed E-state index contributed by atoms with van der Waals surface area (Å²) in [6.45, 7) is 1.71. The lowest BCUT2D eigenvalue weighted by Gasteiger charge is -2.27. The third kappa shape index (κ3) is 2.47. The summed E-state index contributed by atoms with van der Waals surface area (Å²) in [5.74, 6) is 0. The van der Waals surface area contributed by atoms with Crippen molar-refractivity contribution in [2.45, 2.75) is 25.4 Å². The number of hydrogen-bond acceptors (Lipinski definition) is 3. The first-order chi connectivity index (χ1) is 9.38. The highest BCUT2D eigenvalue weighted by atomic mass is 15.2. The van der Waals surface area contributed by atoms with Gasteiger partial charge in [0.05, 0.1) is 6.04 Å². The first-order valence-corrected chi connectivity index (χ1v) is 6.84. The number of benzene rings is 1. The summed E-state index contributed by atoms with van der Waals surface area (Å²) in [5.41, 5.74) is 9.56. The molecule has 1 saturated heterocycles. The average Bonchev–Trinajstić information content (AvgIpc) is 2.98. The molecule has 2 N–H and O–H groups in total. The van der Waals surface area contributed by atoms with Gasteiger partial charge in [0.15, 0.2) is 0 Å².